The van der Waals surface area contributed by atoms with Crippen molar-refractivity contribution in [3.05, 3.63) is 46.6 Å². The molecule has 1 heterocycles. The molecule has 0 amide bonds. The Morgan fingerprint density at radius 3 is 2.59 bits per heavy atom. The van der Waals surface area contributed by atoms with Gasteiger partial charge >= 0.3 is 5.97 Å². The molecule has 1 aromatic rings. The number of rotatable bonds is 5. The number of ketones is 1. The summed E-state index contributed by atoms with van der Waals surface area (Å²) in [6.45, 7) is 5.88. The monoisotopic (exact) mass is 401 g/mol. The standard InChI is InChI=1S/C22H27NO6/c1-6-28-21(25)19-17(13-9-12(26-4)7-8-15(13)27-5)18-14(24)10-22(2,3)11-16(18)29-20(19)23/h7-9,17H,6,10-11,23H2,1-5H3/t17-/m1/s1. The molecule has 7 heteroatoms. The molecule has 1 aromatic carbocycles. The summed E-state index contributed by atoms with van der Waals surface area (Å²) in [5.74, 6) is 0.0572. The van der Waals surface area contributed by atoms with Crippen LogP contribution in [0.1, 0.15) is 45.1 Å². The molecule has 156 valence electrons. The Labute approximate surface area is 170 Å². The summed E-state index contributed by atoms with van der Waals surface area (Å²) in [5.41, 5.74) is 7.04. The fraction of sp³-hybridized carbons (Fsp3) is 0.455. The maximum absolute atomic E-state index is 13.2. The van der Waals surface area contributed by atoms with Crippen LogP contribution in [0.5, 0.6) is 11.5 Å². The largest absolute Gasteiger partial charge is 0.497 e. The van der Waals surface area contributed by atoms with Crippen LogP contribution in [0.25, 0.3) is 0 Å². The van der Waals surface area contributed by atoms with Crippen molar-refractivity contribution in [3.8, 4) is 11.5 Å². The molecule has 1 aliphatic carbocycles. The Kier molecular flexibility index (Phi) is 5.59. The highest BCUT2D eigenvalue weighted by Gasteiger charge is 2.46. The van der Waals surface area contributed by atoms with E-state index in [-0.39, 0.29) is 29.3 Å². The average Bonchev–Trinajstić information content (AvgIpc) is 2.65. The molecule has 0 saturated carbocycles. The summed E-state index contributed by atoms with van der Waals surface area (Å²) in [6.07, 6.45) is 0.877. The summed E-state index contributed by atoms with van der Waals surface area (Å²) in [6, 6.07) is 5.24. The Morgan fingerprint density at radius 1 is 1.24 bits per heavy atom. The van der Waals surface area contributed by atoms with Crippen LogP contribution < -0.4 is 15.2 Å². The van der Waals surface area contributed by atoms with E-state index in [4.69, 9.17) is 24.7 Å². The fourth-order valence-electron chi connectivity index (χ4n) is 3.97. The van der Waals surface area contributed by atoms with Gasteiger partial charge in [-0.2, -0.15) is 0 Å². The maximum Gasteiger partial charge on any atom is 0.340 e. The van der Waals surface area contributed by atoms with E-state index in [0.717, 1.165) is 0 Å². The summed E-state index contributed by atoms with van der Waals surface area (Å²) in [4.78, 5) is 26.0. The highest BCUT2D eigenvalue weighted by molar-refractivity contribution is 6.03. The molecule has 2 N–H and O–H groups in total. The molecule has 0 fully saturated rings. The third kappa shape index (κ3) is 3.81. The van der Waals surface area contributed by atoms with Crippen molar-refractivity contribution in [2.24, 2.45) is 11.1 Å². The van der Waals surface area contributed by atoms with Gasteiger partial charge in [0.2, 0.25) is 5.88 Å². The van der Waals surface area contributed by atoms with Crippen molar-refractivity contribution in [2.45, 2.75) is 39.5 Å². The van der Waals surface area contributed by atoms with Crippen LogP contribution in [-0.4, -0.2) is 32.6 Å². The number of carbonyl (C=O) groups is 2. The minimum Gasteiger partial charge on any atom is -0.497 e. The molecular formula is C22H27NO6. The minimum absolute atomic E-state index is 0.0532. The van der Waals surface area contributed by atoms with Crippen molar-refractivity contribution in [3.63, 3.8) is 0 Å². The van der Waals surface area contributed by atoms with Crippen LogP contribution in [0.4, 0.5) is 0 Å². The second kappa shape index (κ2) is 7.81. The van der Waals surface area contributed by atoms with Gasteiger partial charge in [-0.25, -0.2) is 4.79 Å². The van der Waals surface area contributed by atoms with E-state index in [1.807, 2.05) is 13.8 Å². The molecule has 7 nitrogen and oxygen atoms in total. The van der Waals surface area contributed by atoms with Gasteiger partial charge < -0.3 is 24.7 Å². The smallest absolute Gasteiger partial charge is 0.340 e. The van der Waals surface area contributed by atoms with Gasteiger partial charge in [0.05, 0.1) is 26.7 Å². The van der Waals surface area contributed by atoms with Crippen LogP contribution in [0, 0.1) is 5.41 Å². The number of ether oxygens (including phenoxy) is 4. The Balaban J connectivity index is 2.26. The molecule has 0 saturated heterocycles. The first-order valence-corrected chi connectivity index (χ1v) is 9.55. The second-order valence-corrected chi connectivity index (χ2v) is 7.92. The fourth-order valence-corrected chi connectivity index (χ4v) is 3.97. The number of allylic oxidation sites excluding steroid dienone is 2. The van der Waals surface area contributed by atoms with Crippen molar-refractivity contribution < 1.29 is 28.5 Å². The van der Waals surface area contributed by atoms with E-state index in [9.17, 15) is 9.59 Å². The first kappa shape index (κ1) is 20.8. The van der Waals surface area contributed by atoms with Gasteiger partial charge in [-0.15, -0.1) is 0 Å². The number of methoxy groups -OCH3 is 2. The van der Waals surface area contributed by atoms with E-state index in [1.54, 1.807) is 32.2 Å². The Bertz CT molecular complexity index is 912. The van der Waals surface area contributed by atoms with Crippen molar-refractivity contribution in [1.82, 2.24) is 0 Å². The van der Waals surface area contributed by atoms with Crippen molar-refractivity contribution in [1.29, 1.82) is 0 Å². The van der Waals surface area contributed by atoms with Gasteiger partial charge in [-0.05, 0) is 30.5 Å². The van der Waals surface area contributed by atoms with Crippen LogP contribution in [0.15, 0.2) is 41.0 Å². The number of hydrogen-bond donors (Lipinski definition) is 1. The number of benzene rings is 1. The summed E-state index contributed by atoms with van der Waals surface area (Å²) in [7, 11) is 3.08. The second-order valence-electron chi connectivity index (χ2n) is 7.92. The number of Topliss-reactive ketones (excluding diaryl/α,β-unsaturated/α-hetero) is 1. The Hall–Kier alpha value is -2.96. The van der Waals surface area contributed by atoms with Gasteiger partial charge in [0, 0.05) is 24.0 Å². The number of esters is 1. The van der Waals surface area contributed by atoms with Gasteiger partial charge in [0.1, 0.15) is 22.8 Å². The quantitative estimate of drug-likeness (QED) is 0.757. The summed E-state index contributed by atoms with van der Waals surface area (Å²) in [5, 5.41) is 0. The van der Waals surface area contributed by atoms with Gasteiger partial charge in [-0.3, -0.25) is 4.79 Å². The highest BCUT2D eigenvalue weighted by atomic mass is 16.5. The zero-order valence-electron chi connectivity index (χ0n) is 17.5. The molecule has 0 unspecified atom stereocenters. The van der Waals surface area contributed by atoms with Crippen molar-refractivity contribution >= 4 is 11.8 Å². The third-order valence-corrected chi connectivity index (χ3v) is 5.20. The van der Waals surface area contributed by atoms with Crippen LogP contribution in [0.2, 0.25) is 0 Å². The van der Waals surface area contributed by atoms with Crippen LogP contribution in [0.3, 0.4) is 0 Å². The Morgan fingerprint density at radius 2 is 1.97 bits per heavy atom. The third-order valence-electron chi connectivity index (χ3n) is 5.20. The van der Waals surface area contributed by atoms with Gasteiger partial charge in [0.15, 0.2) is 5.78 Å². The van der Waals surface area contributed by atoms with E-state index in [1.165, 1.54) is 7.11 Å². The summed E-state index contributed by atoms with van der Waals surface area (Å²) < 4.78 is 21.9. The maximum atomic E-state index is 13.2. The van der Waals surface area contributed by atoms with Crippen LogP contribution >= 0.6 is 0 Å². The molecule has 2 aliphatic rings. The molecule has 3 rings (SSSR count). The SMILES string of the molecule is CCOC(=O)C1=C(N)OC2=C(C(=O)CC(C)(C)C2)[C@H]1c1cc(OC)ccc1OC. The topological polar surface area (TPSA) is 97.1 Å². The predicted molar refractivity (Wildman–Crippen MR) is 106 cm³/mol. The number of hydrogen-bond acceptors (Lipinski definition) is 7. The molecule has 0 spiro atoms. The lowest BCUT2D eigenvalue weighted by molar-refractivity contribution is -0.139. The predicted octanol–water partition coefficient (Wildman–Crippen LogP) is 3.19. The lowest BCUT2D eigenvalue weighted by atomic mass is 9.70. The van der Waals surface area contributed by atoms with E-state index in [0.29, 0.717) is 41.2 Å². The molecule has 29 heavy (non-hydrogen) atoms. The normalized spacial score (nSPS) is 20.7. The first-order valence-electron chi connectivity index (χ1n) is 9.55. The van der Waals surface area contributed by atoms with Crippen LogP contribution in [-0.2, 0) is 19.1 Å². The van der Waals surface area contributed by atoms with E-state index in [2.05, 4.69) is 0 Å². The zero-order chi connectivity index (χ0) is 21.3. The lowest BCUT2D eigenvalue weighted by Crippen LogP contribution is -2.35. The van der Waals surface area contributed by atoms with Gasteiger partial charge in [-0.1, -0.05) is 13.8 Å². The lowest BCUT2D eigenvalue weighted by Gasteiger charge is -2.38. The highest BCUT2D eigenvalue weighted by Crippen LogP contribution is 2.50. The first-order chi connectivity index (χ1) is 13.7. The molecule has 1 aliphatic heterocycles. The molecular weight excluding hydrogens is 374 g/mol. The van der Waals surface area contributed by atoms with Crippen molar-refractivity contribution in [2.75, 3.05) is 20.8 Å². The molecule has 0 bridgehead atoms. The molecule has 0 aromatic heterocycles. The number of carbonyl (C=O) groups excluding carboxylic acids is 2. The molecule has 0 radical (unpaired) electrons. The minimum atomic E-state index is -0.758. The van der Waals surface area contributed by atoms with E-state index >= 15 is 0 Å². The average molecular weight is 401 g/mol. The summed E-state index contributed by atoms with van der Waals surface area (Å²) >= 11 is 0. The zero-order valence-corrected chi connectivity index (χ0v) is 17.5. The number of nitrogens with two attached hydrogens (primary N) is 1. The molecule has 1 atom stereocenters. The van der Waals surface area contributed by atoms with E-state index < -0.39 is 11.9 Å². The van der Waals surface area contributed by atoms with Gasteiger partial charge in [0.25, 0.3) is 0 Å².